The number of rotatable bonds is 8. The summed E-state index contributed by atoms with van der Waals surface area (Å²) in [5, 5.41) is 9.08. The van der Waals surface area contributed by atoms with Crippen LogP contribution in [0.4, 0.5) is 21.9 Å². The molecule has 0 aromatic heterocycles. The van der Waals surface area contributed by atoms with Crippen LogP contribution in [0.1, 0.15) is 70.6 Å². The number of hydrogen-bond acceptors (Lipinski definition) is 8. The molecule has 2 aromatic rings. The standard InChI is InChI=1S/C15H18N2O4.C12H15NO.C7H12O3.CH4/c1-2-14(19)16-6-5-10-7-11(3-4-13(10)16)17-8-12(9-18)21-15(17)20;1-3-12(14)13-7-6-10-8-9(2)4-5-11(10)13;1-2-3-7(8)10-5-6-4-9-6;/h3-4,7,12,18H,2,5-6,8-9H2,1H3;4-5,8H,3,6-7H2,1-2H3;6H,2-5H2,1H3;1H4/t12-;;6-;/m1.1./s1. The maximum Gasteiger partial charge on any atom is 0.414 e. The molecule has 2 aromatic carbocycles. The fourth-order valence-corrected chi connectivity index (χ4v) is 5.44. The van der Waals surface area contributed by atoms with Gasteiger partial charge in [0.25, 0.3) is 0 Å². The van der Waals surface area contributed by atoms with Crippen molar-refractivity contribution in [1.82, 2.24) is 0 Å². The molecule has 0 aliphatic carbocycles. The zero-order valence-electron chi connectivity index (χ0n) is 26.8. The van der Waals surface area contributed by atoms with E-state index in [0.717, 1.165) is 55.0 Å². The van der Waals surface area contributed by atoms with Crippen LogP contribution in [0.5, 0.6) is 0 Å². The van der Waals surface area contributed by atoms with Crippen molar-refractivity contribution in [3.63, 3.8) is 0 Å². The van der Waals surface area contributed by atoms with E-state index in [1.54, 1.807) is 4.90 Å². The number of amides is 3. The molecule has 4 heterocycles. The molecule has 2 atom stereocenters. The number of carbonyl (C=O) groups is 4. The molecule has 4 aliphatic heterocycles. The van der Waals surface area contributed by atoms with Crippen LogP contribution in [0, 0.1) is 6.92 Å². The first-order chi connectivity index (χ1) is 21.7. The summed E-state index contributed by atoms with van der Waals surface area (Å²) in [6.07, 6.45) is 3.53. The number of anilines is 3. The lowest BCUT2D eigenvalue weighted by molar-refractivity contribution is -0.144. The minimum atomic E-state index is -0.469. The van der Waals surface area contributed by atoms with Gasteiger partial charge in [-0.25, -0.2) is 4.79 Å². The SMILES string of the molecule is C.CCC(=O)N1CCc2cc(C)ccc21.CCC(=O)N1CCc2cc(N3C[C@H](CO)OC3=O)ccc21.CCCC(=O)OC[C@H]1CO1. The molecule has 252 valence electrons. The summed E-state index contributed by atoms with van der Waals surface area (Å²) in [5.41, 5.74) is 6.44. The molecule has 0 saturated carbocycles. The molecule has 46 heavy (non-hydrogen) atoms. The van der Waals surface area contributed by atoms with Gasteiger partial charge in [0.1, 0.15) is 18.8 Å². The van der Waals surface area contributed by atoms with Gasteiger partial charge in [-0.2, -0.15) is 0 Å². The van der Waals surface area contributed by atoms with Gasteiger partial charge in [-0.3, -0.25) is 19.3 Å². The number of cyclic esters (lactones) is 1. The van der Waals surface area contributed by atoms with E-state index in [2.05, 4.69) is 25.1 Å². The van der Waals surface area contributed by atoms with E-state index >= 15 is 0 Å². The van der Waals surface area contributed by atoms with E-state index in [1.165, 1.54) is 16.0 Å². The predicted molar refractivity (Wildman–Crippen MR) is 177 cm³/mol. The Bertz CT molecular complexity index is 1380. The van der Waals surface area contributed by atoms with Gasteiger partial charge in [-0.15, -0.1) is 0 Å². The summed E-state index contributed by atoms with van der Waals surface area (Å²) in [5.74, 6) is 0.230. The normalized spacial score (nSPS) is 18.6. The lowest BCUT2D eigenvalue weighted by Gasteiger charge is -2.18. The highest BCUT2D eigenvalue weighted by Gasteiger charge is 2.33. The summed E-state index contributed by atoms with van der Waals surface area (Å²) < 4.78 is 14.7. The third-order valence-corrected chi connectivity index (χ3v) is 7.97. The van der Waals surface area contributed by atoms with Crippen molar-refractivity contribution < 1.29 is 38.5 Å². The molecule has 11 heteroatoms. The molecule has 0 unspecified atom stereocenters. The minimum absolute atomic E-state index is 0. The Morgan fingerprint density at radius 3 is 2.02 bits per heavy atom. The van der Waals surface area contributed by atoms with Gasteiger partial charge >= 0.3 is 12.1 Å². The van der Waals surface area contributed by atoms with E-state index in [1.807, 2.05) is 43.9 Å². The third kappa shape index (κ3) is 9.29. The number of esters is 1. The number of aryl methyl sites for hydroxylation is 1. The molecule has 2 saturated heterocycles. The predicted octanol–water partition coefficient (Wildman–Crippen LogP) is 4.96. The summed E-state index contributed by atoms with van der Waals surface area (Å²) in [7, 11) is 0. The Hall–Kier alpha value is -3.96. The Kier molecular flexibility index (Phi) is 13.6. The number of nitrogens with zero attached hydrogens (tertiary/aromatic N) is 3. The topological polar surface area (TPSA) is 129 Å². The third-order valence-electron chi connectivity index (χ3n) is 7.97. The minimum Gasteiger partial charge on any atom is -0.463 e. The number of aliphatic hydroxyl groups excluding tert-OH is 1. The van der Waals surface area contributed by atoms with E-state index in [0.29, 0.717) is 39.0 Å². The number of epoxide rings is 1. The molecule has 3 amide bonds. The van der Waals surface area contributed by atoms with Crippen molar-refractivity contribution in [2.24, 2.45) is 0 Å². The summed E-state index contributed by atoms with van der Waals surface area (Å²) in [4.78, 5) is 51.1. The van der Waals surface area contributed by atoms with Crippen molar-refractivity contribution in [3.05, 3.63) is 53.1 Å². The lowest BCUT2D eigenvalue weighted by Crippen LogP contribution is -2.28. The highest BCUT2D eigenvalue weighted by Crippen LogP contribution is 2.33. The van der Waals surface area contributed by atoms with Crippen molar-refractivity contribution >= 4 is 40.9 Å². The highest BCUT2D eigenvalue weighted by atomic mass is 16.6. The number of ether oxygens (including phenoxy) is 3. The van der Waals surface area contributed by atoms with Crippen LogP contribution in [-0.2, 0) is 41.4 Å². The Morgan fingerprint density at radius 1 is 0.913 bits per heavy atom. The molecule has 0 radical (unpaired) electrons. The number of carbonyl (C=O) groups excluding carboxylic acids is 4. The molecular weight excluding hydrogens is 590 g/mol. The van der Waals surface area contributed by atoms with Gasteiger partial charge in [-0.1, -0.05) is 45.9 Å². The lowest BCUT2D eigenvalue weighted by atomic mass is 10.1. The second-order valence-corrected chi connectivity index (χ2v) is 11.4. The van der Waals surface area contributed by atoms with Gasteiger partial charge in [0.05, 0.1) is 19.8 Å². The van der Waals surface area contributed by atoms with Crippen molar-refractivity contribution in [1.29, 1.82) is 0 Å². The van der Waals surface area contributed by atoms with E-state index < -0.39 is 12.2 Å². The molecule has 11 nitrogen and oxygen atoms in total. The van der Waals surface area contributed by atoms with Crippen molar-refractivity contribution in [2.45, 2.75) is 85.9 Å². The Labute approximate surface area is 272 Å². The van der Waals surface area contributed by atoms with Gasteiger partial charge in [0.15, 0.2) is 0 Å². The average Bonchev–Trinajstić information content (AvgIpc) is 3.44. The number of aliphatic hydroxyl groups is 1. The van der Waals surface area contributed by atoms with Crippen LogP contribution in [0.3, 0.4) is 0 Å². The number of hydrogen-bond donors (Lipinski definition) is 1. The van der Waals surface area contributed by atoms with Crippen LogP contribution in [-0.4, -0.2) is 80.6 Å². The molecule has 4 aliphatic rings. The van der Waals surface area contributed by atoms with Crippen LogP contribution in [0.2, 0.25) is 0 Å². The summed E-state index contributed by atoms with van der Waals surface area (Å²) in [6, 6.07) is 11.9. The molecule has 6 rings (SSSR count). The maximum atomic E-state index is 11.9. The van der Waals surface area contributed by atoms with Crippen LogP contribution < -0.4 is 14.7 Å². The molecule has 2 fully saturated rings. The van der Waals surface area contributed by atoms with Crippen LogP contribution in [0.15, 0.2) is 36.4 Å². The highest BCUT2D eigenvalue weighted by molar-refractivity contribution is 5.97. The first-order valence-electron chi connectivity index (χ1n) is 15.9. The first-order valence-corrected chi connectivity index (χ1v) is 15.9. The fraction of sp³-hybridized carbons (Fsp3) is 0.543. The van der Waals surface area contributed by atoms with Gasteiger partial charge in [-0.05, 0) is 61.6 Å². The first kappa shape index (κ1) is 36.5. The Morgan fingerprint density at radius 2 is 1.50 bits per heavy atom. The largest absolute Gasteiger partial charge is 0.463 e. The number of benzene rings is 2. The van der Waals surface area contributed by atoms with Gasteiger partial charge in [0, 0.05) is 49.4 Å². The van der Waals surface area contributed by atoms with Crippen molar-refractivity contribution in [3.8, 4) is 0 Å². The summed E-state index contributed by atoms with van der Waals surface area (Å²) >= 11 is 0. The van der Waals surface area contributed by atoms with Gasteiger partial charge < -0.3 is 29.1 Å². The quantitative estimate of drug-likeness (QED) is 0.317. The van der Waals surface area contributed by atoms with Crippen molar-refractivity contribution in [2.75, 3.05) is 54.2 Å². The summed E-state index contributed by atoms with van der Waals surface area (Å²) in [6.45, 7) is 10.7. The smallest absolute Gasteiger partial charge is 0.414 e. The second-order valence-electron chi connectivity index (χ2n) is 11.4. The zero-order valence-corrected chi connectivity index (χ0v) is 26.8. The molecule has 0 spiro atoms. The molecule has 1 N–H and O–H groups in total. The Balaban J connectivity index is 0.000000200. The van der Waals surface area contributed by atoms with E-state index in [-0.39, 0.29) is 37.9 Å². The zero-order chi connectivity index (χ0) is 32.5. The van der Waals surface area contributed by atoms with E-state index in [4.69, 9.17) is 19.3 Å². The second kappa shape index (κ2) is 17.1. The van der Waals surface area contributed by atoms with Gasteiger partial charge in [0.2, 0.25) is 11.8 Å². The molecule has 0 bridgehead atoms. The number of fused-ring (bicyclic) bond motifs is 2. The monoisotopic (exact) mass is 639 g/mol. The molecular formula is C35H49N3O8. The fourth-order valence-electron chi connectivity index (χ4n) is 5.44. The van der Waals surface area contributed by atoms with Crippen LogP contribution >= 0.6 is 0 Å². The van der Waals surface area contributed by atoms with E-state index in [9.17, 15) is 19.2 Å². The van der Waals surface area contributed by atoms with Crippen LogP contribution in [0.25, 0.3) is 0 Å². The maximum absolute atomic E-state index is 11.9. The average molecular weight is 640 g/mol.